The third-order valence-electron chi connectivity index (χ3n) is 2.25. The number of carboxylic acid groups (broad SMARTS) is 1. The molecule has 0 aliphatic carbocycles. The summed E-state index contributed by atoms with van der Waals surface area (Å²) in [5, 5.41) is 8.42. The molecule has 108 valence electrons. The molecule has 0 atom stereocenters. The summed E-state index contributed by atoms with van der Waals surface area (Å²) in [5.74, 6) is -0.218. The van der Waals surface area contributed by atoms with Crippen LogP contribution in [0.4, 0.5) is 0 Å². The van der Waals surface area contributed by atoms with E-state index in [0.717, 1.165) is 57.0 Å². The molecule has 18 heavy (non-hydrogen) atoms. The molecule has 0 aliphatic heterocycles. The Bertz CT molecular complexity index is 314. The van der Waals surface area contributed by atoms with E-state index in [0.29, 0.717) is 5.75 Å². The van der Waals surface area contributed by atoms with Crippen LogP contribution in [0, 0.1) is 0 Å². The van der Waals surface area contributed by atoms with Crippen LogP contribution in [0.3, 0.4) is 0 Å². The normalized spacial score (nSPS) is 11.6. The Balaban J connectivity index is 3.10. The SMILES string of the molecule is O=C(O)CCCCCCCCCSOS(=O)(=O)O. The first-order valence-electron chi connectivity index (χ1n) is 5.92. The Labute approximate surface area is 112 Å². The van der Waals surface area contributed by atoms with Crippen LogP contribution in [0.5, 0.6) is 0 Å². The van der Waals surface area contributed by atoms with Crippen LogP contribution in [0.2, 0.25) is 0 Å². The molecule has 0 saturated carbocycles. The summed E-state index contributed by atoms with van der Waals surface area (Å²) >= 11 is 0.732. The Morgan fingerprint density at radius 1 is 1.00 bits per heavy atom. The minimum absolute atomic E-state index is 0.240. The van der Waals surface area contributed by atoms with Crippen molar-refractivity contribution in [1.82, 2.24) is 0 Å². The molecule has 2 N–H and O–H groups in total. The molecular formula is C10H20O6S2. The lowest BCUT2D eigenvalue weighted by molar-refractivity contribution is -0.137. The Morgan fingerprint density at radius 3 is 2.00 bits per heavy atom. The number of aliphatic carboxylic acids is 1. The first-order chi connectivity index (χ1) is 8.42. The number of hydrogen-bond acceptors (Lipinski definition) is 5. The second-order valence-corrected chi connectivity index (χ2v) is 5.98. The monoisotopic (exact) mass is 300 g/mol. The van der Waals surface area contributed by atoms with E-state index in [-0.39, 0.29) is 6.42 Å². The van der Waals surface area contributed by atoms with Gasteiger partial charge in [0.1, 0.15) is 0 Å². The summed E-state index contributed by atoms with van der Waals surface area (Å²) < 4.78 is 32.7. The van der Waals surface area contributed by atoms with E-state index < -0.39 is 16.4 Å². The van der Waals surface area contributed by atoms with E-state index in [4.69, 9.17) is 9.66 Å². The van der Waals surface area contributed by atoms with Crippen molar-refractivity contribution in [2.24, 2.45) is 0 Å². The van der Waals surface area contributed by atoms with E-state index in [9.17, 15) is 13.2 Å². The zero-order valence-electron chi connectivity index (χ0n) is 10.2. The molecule has 0 aliphatic rings. The lowest BCUT2D eigenvalue weighted by Crippen LogP contribution is -1.97. The molecule has 0 aromatic carbocycles. The van der Waals surface area contributed by atoms with E-state index in [1.165, 1.54) is 0 Å². The molecule has 0 fully saturated rings. The van der Waals surface area contributed by atoms with Crippen LogP contribution >= 0.6 is 12.0 Å². The highest BCUT2D eigenvalue weighted by Crippen LogP contribution is 2.13. The summed E-state index contributed by atoms with van der Waals surface area (Å²) in [5.41, 5.74) is 0. The fourth-order valence-electron chi connectivity index (χ4n) is 1.42. The zero-order valence-corrected chi connectivity index (χ0v) is 11.8. The van der Waals surface area contributed by atoms with Gasteiger partial charge in [0.2, 0.25) is 0 Å². The van der Waals surface area contributed by atoms with Crippen LogP contribution in [-0.2, 0) is 18.8 Å². The molecular weight excluding hydrogens is 280 g/mol. The minimum Gasteiger partial charge on any atom is -0.481 e. The first-order valence-corrected chi connectivity index (χ1v) is 8.20. The van der Waals surface area contributed by atoms with Gasteiger partial charge in [-0.05, 0) is 12.8 Å². The highest BCUT2D eigenvalue weighted by Gasteiger charge is 2.04. The van der Waals surface area contributed by atoms with Crippen molar-refractivity contribution in [2.45, 2.75) is 51.4 Å². The standard InChI is InChI=1S/C10H20O6S2/c11-10(12)8-6-4-2-1-3-5-7-9-17-16-18(13,14)15/h1-9H2,(H,11,12)(H,13,14,15). The zero-order chi connectivity index (χ0) is 13.9. The molecule has 0 saturated heterocycles. The van der Waals surface area contributed by atoms with Gasteiger partial charge >= 0.3 is 16.4 Å². The van der Waals surface area contributed by atoms with E-state index in [1.807, 2.05) is 0 Å². The van der Waals surface area contributed by atoms with Crippen molar-refractivity contribution in [3.05, 3.63) is 0 Å². The van der Waals surface area contributed by atoms with E-state index >= 15 is 0 Å². The van der Waals surface area contributed by atoms with Gasteiger partial charge in [-0.25, -0.2) is 0 Å². The molecule has 0 aromatic heterocycles. The summed E-state index contributed by atoms with van der Waals surface area (Å²) in [4.78, 5) is 10.2. The number of rotatable bonds is 12. The number of carboxylic acids is 1. The fraction of sp³-hybridized carbons (Fsp3) is 0.900. The van der Waals surface area contributed by atoms with Gasteiger partial charge in [0.25, 0.3) is 0 Å². The molecule has 0 amide bonds. The summed E-state index contributed by atoms with van der Waals surface area (Å²) in [6.07, 6.45) is 6.84. The molecule has 0 unspecified atom stereocenters. The number of carbonyl (C=O) groups is 1. The van der Waals surface area contributed by atoms with E-state index in [2.05, 4.69) is 3.63 Å². The van der Waals surface area contributed by atoms with Crippen LogP contribution in [0.25, 0.3) is 0 Å². The van der Waals surface area contributed by atoms with Crippen molar-refractivity contribution in [1.29, 1.82) is 0 Å². The van der Waals surface area contributed by atoms with Crippen LogP contribution in [-0.4, -0.2) is 29.8 Å². The van der Waals surface area contributed by atoms with Gasteiger partial charge in [-0.15, -0.1) is 0 Å². The largest absolute Gasteiger partial charge is 0.481 e. The topological polar surface area (TPSA) is 101 Å². The molecule has 0 heterocycles. The Kier molecular flexibility index (Phi) is 10.4. The molecule has 0 rings (SSSR count). The lowest BCUT2D eigenvalue weighted by atomic mass is 10.1. The maximum absolute atomic E-state index is 10.2. The van der Waals surface area contributed by atoms with Crippen LogP contribution in [0.1, 0.15) is 51.4 Å². The Morgan fingerprint density at radius 2 is 1.50 bits per heavy atom. The molecule has 0 aromatic rings. The maximum atomic E-state index is 10.2. The Hall–Kier alpha value is -0.310. The van der Waals surface area contributed by atoms with Crippen molar-refractivity contribution in [3.63, 3.8) is 0 Å². The minimum atomic E-state index is -4.32. The van der Waals surface area contributed by atoms with Crippen molar-refractivity contribution >= 4 is 28.4 Å². The predicted molar refractivity (Wildman–Crippen MR) is 69.7 cm³/mol. The van der Waals surface area contributed by atoms with E-state index in [1.54, 1.807) is 0 Å². The van der Waals surface area contributed by atoms with Gasteiger partial charge in [0.15, 0.2) is 0 Å². The van der Waals surface area contributed by atoms with Gasteiger partial charge in [-0.1, -0.05) is 32.1 Å². The molecule has 0 bridgehead atoms. The summed E-state index contributed by atoms with van der Waals surface area (Å²) in [6.45, 7) is 0. The first kappa shape index (κ1) is 17.7. The fourth-order valence-corrected chi connectivity index (χ4v) is 2.50. The smallest absolute Gasteiger partial charge is 0.408 e. The molecule has 6 nitrogen and oxygen atoms in total. The highest BCUT2D eigenvalue weighted by atomic mass is 32.3. The molecule has 0 spiro atoms. The number of unbranched alkanes of at least 4 members (excludes halogenated alkanes) is 6. The predicted octanol–water partition coefficient (Wildman–Crippen LogP) is 2.66. The second-order valence-electron chi connectivity index (χ2n) is 3.94. The quantitative estimate of drug-likeness (QED) is 0.324. The molecule has 8 heteroatoms. The lowest BCUT2D eigenvalue weighted by Gasteiger charge is -2.01. The molecule has 0 radical (unpaired) electrons. The maximum Gasteiger partial charge on any atom is 0.408 e. The average Bonchev–Trinajstić information content (AvgIpc) is 2.24. The summed E-state index contributed by atoms with van der Waals surface area (Å²) in [6, 6.07) is 0. The van der Waals surface area contributed by atoms with Crippen LogP contribution in [0.15, 0.2) is 0 Å². The van der Waals surface area contributed by atoms with Gasteiger partial charge in [0, 0.05) is 24.2 Å². The van der Waals surface area contributed by atoms with Crippen molar-refractivity contribution < 1.29 is 26.5 Å². The van der Waals surface area contributed by atoms with Crippen LogP contribution < -0.4 is 0 Å². The van der Waals surface area contributed by atoms with Crippen molar-refractivity contribution in [2.75, 3.05) is 5.75 Å². The second kappa shape index (κ2) is 10.6. The third kappa shape index (κ3) is 15.7. The van der Waals surface area contributed by atoms with Gasteiger partial charge < -0.3 is 5.11 Å². The third-order valence-corrected chi connectivity index (χ3v) is 3.78. The summed E-state index contributed by atoms with van der Waals surface area (Å²) in [7, 11) is -4.32. The van der Waals surface area contributed by atoms with Gasteiger partial charge in [-0.2, -0.15) is 12.0 Å². The van der Waals surface area contributed by atoms with Gasteiger partial charge in [0.05, 0.1) is 0 Å². The highest BCUT2D eigenvalue weighted by molar-refractivity contribution is 8.02. The van der Waals surface area contributed by atoms with Crippen molar-refractivity contribution in [3.8, 4) is 0 Å². The number of hydrogen-bond donors (Lipinski definition) is 2. The average molecular weight is 300 g/mol. The van der Waals surface area contributed by atoms with Gasteiger partial charge in [-0.3, -0.25) is 9.35 Å².